The van der Waals surface area contributed by atoms with Gasteiger partial charge < -0.3 is 0 Å². The first-order valence-corrected chi connectivity index (χ1v) is 6.81. The molecule has 8 heteroatoms. The smallest absolute Gasteiger partial charge is 0.169 e. The molecule has 0 aromatic heterocycles. The van der Waals surface area contributed by atoms with Gasteiger partial charge in [0.05, 0.1) is 30.7 Å². The van der Waals surface area contributed by atoms with Crippen LogP contribution in [0.25, 0.3) is 11.1 Å². The Balaban J connectivity index is 2.95. The Labute approximate surface area is 137 Å². The van der Waals surface area contributed by atoms with Crippen molar-refractivity contribution in [1.29, 1.82) is 0 Å². The molecule has 0 saturated carbocycles. The SMILES string of the molecule is Fc1ccc(F)c(-c2c(Cl)c(Cl)c(Cl)c(Cl)c2Cl)c1F. The second kappa shape index (κ2) is 5.82. The Morgan fingerprint density at radius 3 is 1.45 bits per heavy atom. The maximum atomic E-state index is 13.8. The molecule has 0 aliphatic heterocycles. The molecule has 0 heterocycles. The van der Waals surface area contributed by atoms with Crippen LogP contribution in [0.1, 0.15) is 0 Å². The highest BCUT2D eigenvalue weighted by molar-refractivity contribution is 6.56. The third kappa shape index (κ3) is 2.46. The van der Waals surface area contributed by atoms with Crippen molar-refractivity contribution >= 4 is 58.0 Å². The number of hydrogen-bond acceptors (Lipinski definition) is 0. The van der Waals surface area contributed by atoms with Crippen LogP contribution >= 0.6 is 58.0 Å². The highest BCUT2D eigenvalue weighted by Gasteiger charge is 2.26. The van der Waals surface area contributed by atoms with Crippen LogP contribution in [0.5, 0.6) is 0 Å². The largest absolute Gasteiger partial charge is 0.206 e. The molecule has 0 N–H and O–H groups in total. The Morgan fingerprint density at radius 1 is 0.550 bits per heavy atom. The molecule has 0 atom stereocenters. The van der Waals surface area contributed by atoms with Crippen LogP contribution in [0, 0.1) is 17.5 Å². The topological polar surface area (TPSA) is 0 Å². The Bertz CT molecular complexity index is 686. The molecule has 0 spiro atoms. The van der Waals surface area contributed by atoms with E-state index in [1.165, 1.54) is 0 Å². The van der Waals surface area contributed by atoms with Gasteiger partial charge in [0.15, 0.2) is 11.6 Å². The molecule has 0 amide bonds. The molecule has 0 aliphatic carbocycles. The molecule has 0 aliphatic rings. The molecule has 2 aromatic rings. The van der Waals surface area contributed by atoms with Crippen molar-refractivity contribution in [2.75, 3.05) is 0 Å². The minimum Gasteiger partial charge on any atom is -0.206 e. The summed E-state index contributed by atoms with van der Waals surface area (Å²) in [6.45, 7) is 0. The van der Waals surface area contributed by atoms with Crippen molar-refractivity contribution in [1.82, 2.24) is 0 Å². The van der Waals surface area contributed by atoms with E-state index < -0.39 is 23.0 Å². The summed E-state index contributed by atoms with van der Waals surface area (Å²) >= 11 is 29.2. The average Bonchev–Trinajstić information content (AvgIpc) is 2.42. The van der Waals surface area contributed by atoms with Crippen LogP contribution in [0.2, 0.25) is 25.1 Å². The van der Waals surface area contributed by atoms with Gasteiger partial charge >= 0.3 is 0 Å². The van der Waals surface area contributed by atoms with Crippen molar-refractivity contribution in [3.8, 4) is 11.1 Å². The molecule has 0 bridgehead atoms. The summed E-state index contributed by atoms with van der Waals surface area (Å²) in [7, 11) is 0. The summed E-state index contributed by atoms with van der Waals surface area (Å²) in [5.41, 5.74) is -1.12. The van der Waals surface area contributed by atoms with Gasteiger partial charge in [-0.25, -0.2) is 13.2 Å². The molecule has 0 unspecified atom stereocenters. The van der Waals surface area contributed by atoms with Gasteiger partial charge in [0.25, 0.3) is 0 Å². The lowest BCUT2D eigenvalue weighted by atomic mass is 10.0. The van der Waals surface area contributed by atoms with Crippen molar-refractivity contribution in [2.24, 2.45) is 0 Å². The zero-order valence-electron chi connectivity index (χ0n) is 9.18. The van der Waals surface area contributed by atoms with Crippen molar-refractivity contribution in [3.63, 3.8) is 0 Å². The van der Waals surface area contributed by atoms with E-state index in [1.807, 2.05) is 0 Å². The van der Waals surface area contributed by atoms with E-state index in [9.17, 15) is 13.2 Å². The van der Waals surface area contributed by atoms with Crippen LogP contribution in [0.15, 0.2) is 12.1 Å². The number of benzene rings is 2. The number of rotatable bonds is 1. The van der Waals surface area contributed by atoms with Crippen LogP contribution in [0.3, 0.4) is 0 Å². The summed E-state index contributed by atoms with van der Waals surface area (Å²) in [6.07, 6.45) is 0. The lowest BCUT2D eigenvalue weighted by Crippen LogP contribution is -1.97. The van der Waals surface area contributed by atoms with Gasteiger partial charge in [-0.1, -0.05) is 58.0 Å². The molecule has 2 aromatic carbocycles. The van der Waals surface area contributed by atoms with Crippen LogP contribution in [-0.4, -0.2) is 0 Å². The average molecular weight is 380 g/mol. The highest BCUT2D eigenvalue weighted by atomic mass is 35.5. The van der Waals surface area contributed by atoms with E-state index in [0.717, 1.165) is 6.07 Å². The Kier molecular flexibility index (Phi) is 4.67. The Morgan fingerprint density at radius 2 is 0.950 bits per heavy atom. The van der Waals surface area contributed by atoms with Gasteiger partial charge in [-0.3, -0.25) is 0 Å². The molecule has 2 rings (SSSR count). The summed E-state index contributed by atoms with van der Waals surface area (Å²) in [5, 5.41) is -1.28. The van der Waals surface area contributed by atoms with Gasteiger partial charge in [0.2, 0.25) is 0 Å². The maximum Gasteiger partial charge on any atom is 0.169 e. The van der Waals surface area contributed by atoms with E-state index in [0.29, 0.717) is 6.07 Å². The molecule has 20 heavy (non-hydrogen) atoms. The van der Waals surface area contributed by atoms with Crippen molar-refractivity contribution < 1.29 is 13.2 Å². The predicted molar refractivity (Wildman–Crippen MR) is 76.8 cm³/mol. The number of halogens is 8. The molecule has 0 nitrogen and oxygen atoms in total. The normalized spacial score (nSPS) is 11.0. The monoisotopic (exact) mass is 378 g/mol. The molecule has 0 saturated heterocycles. The predicted octanol–water partition coefficient (Wildman–Crippen LogP) is 7.04. The van der Waals surface area contributed by atoms with Gasteiger partial charge in [0, 0.05) is 5.56 Å². The highest BCUT2D eigenvalue weighted by Crippen LogP contribution is 2.49. The lowest BCUT2D eigenvalue weighted by Gasteiger charge is -2.14. The summed E-state index contributed by atoms with van der Waals surface area (Å²) in [6, 6.07) is 1.37. The van der Waals surface area contributed by atoms with Crippen molar-refractivity contribution in [2.45, 2.75) is 0 Å². The van der Waals surface area contributed by atoms with E-state index in [1.54, 1.807) is 0 Å². The standard InChI is InChI=1S/C12H2Cl5F3/c13-7-6(8(14)10(16)11(17)9(7)15)5-3(18)1-2-4(19)12(5)20/h1-2H. The number of hydrogen-bond donors (Lipinski definition) is 0. The minimum absolute atomic E-state index is 0.163. The fourth-order valence-corrected chi connectivity index (χ4v) is 2.91. The third-order valence-electron chi connectivity index (χ3n) is 2.50. The zero-order valence-corrected chi connectivity index (χ0v) is 13.0. The van der Waals surface area contributed by atoms with Gasteiger partial charge in [-0.15, -0.1) is 0 Å². The fourth-order valence-electron chi connectivity index (χ4n) is 1.58. The van der Waals surface area contributed by atoms with E-state index in [-0.39, 0.29) is 30.7 Å². The molecule has 106 valence electrons. The van der Waals surface area contributed by atoms with Gasteiger partial charge in [-0.2, -0.15) is 0 Å². The first kappa shape index (κ1) is 16.1. The first-order chi connectivity index (χ1) is 9.27. The first-order valence-electron chi connectivity index (χ1n) is 4.92. The van der Waals surface area contributed by atoms with Gasteiger partial charge in [-0.05, 0) is 12.1 Å². The summed E-state index contributed by atoms with van der Waals surface area (Å²) < 4.78 is 40.9. The third-order valence-corrected chi connectivity index (χ3v) is 4.78. The minimum atomic E-state index is -1.46. The summed E-state index contributed by atoms with van der Waals surface area (Å²) in [5.74, 6) is -3.79. The summed E-state index contributed by atoms with van der Waals surface area (Å²) in [4.78, 5) is 0. The van der Waals surface area contributed by atoms with Crippen LogP contribution in [-0.2, 0) is 0 Å². The van der Waals surface area contributed by atoms with Crippen molar-refractivity contribution in [3.05, 3.63) is 54.7 Å². The van der Waals surface area contributed by atoms with Gasteiger partial charge in [0.1, 0.15) is 5.82 Å². The fraction of sp³-hybridized carbons (Fsp3) is 0. The Hall–Kier alpha value is -0.320. The maximum absolute atomic E-state index is 13.8. The molecule has 0 radical (unpaired) electrons. The van der Waals surface area contributed by atoms with E-state index in [4.69, 9.17) is 58.0 Å². The van der Waals surface area contributed by atoms with Crippen LogP contribution in [0.4, 0.5) is 13.2 Å². The van der Waals surface area contributed by atoms with Crippen LogP contribution < -0.4 is 0 Å². The van der Waals surface area contributed by atoms with E-state index in [2.05, 4.69) is 0 Å². The molecular weight excluding hydrogens is 378 g/mol. The second-order valence-electron chi connectivity index (χ2n) is 3.66. The van der Waals surface area contributed by atoms with E-state index >= 15 is 0 Å². The molecular formula is C12H2Cl5F3. The quantitative estimate of drug-likeness (QED) is 0.368. The molecule has 0 fully saturated rings. The lowest BCUT2D eigenvalue weighted by molar-refractivity contribution is 0.499. The second-order valence-corrected chi connectivity index (χ2v) is 5.55. The zero-order chi connectivity index (χ0) is 15.2.